The Hall–Kier alpha value is -4.58. The zero-order chi connectivity index (χ0) is 26.5. The molecular weight excluding hydrogens is 591 g/mol. The van der Waals surface area contributed by atoms with Gasteiger partial charge in [-0.1, -0.05) is 24.3 Å². The highest BCUT2D eigenvalue weighted by Crippen LogP contribution is 2.25. The molecule has 188 valence electrons. The van der Waals surface area contributed by atoms with Crippen LogP contribution in [0.1, 0.15) is 23.0 Å². The minimum absolute atomic E-state index is 0.223. The molecule has 5 aromatic rings. The lowest BCUT2D eigenvalue weighted by molar-refractivity contribution is 0.102. The molecule has 10 heteroatoms. The molecule has 0 aliphatic heterocycles. The van der Waals surface area contributed by atoms with Gasteiger partial charge < -0.3 is 15.6 Å². The summed E-state index contributed by atoms with van der Waals surface area (Å²) in [5.74, 6) is 1.02. The predicted octanol–water partition coefficient (Wildman–Crippen LogP) is 6.19. The molecule has 2 aromatic carbocycles. The first-order valence-corrected chi connectivity index (χ1v) is 12.7. The molecule has 0 aliphatic rings. The fraction of sp³-hybridized carbons (Fsp3) is 0.0357. The topological polar surface area (TPSA) is 120 Å². The second-order valence-electron chi connectivity index (χ2n) is 8.38. The Balaban J connectivity index is 1.33. The van der Waals surface area contributed by atoms with Gasteiger partial charge in [0.2, 0.25) is 0 Å². The van der Waals surface area contributed by atoms with Gasteiger partial charge >= 0.3 is 0 Å². The van der Waals surface area contributed by atoms with E-state index in [1.807, 2.05) is 61.5 Å². The van der Waals surface area contributed by atoms with E-state index in [-0.39, 0.29) is 5.91 Å². The van der Waals surface area contributed by atoms with Gasteiger partial charge in [-0.05, 0) is 77.0 Å². The Labute approximate surface area is 232 Å². The molecule has 38 heavy (non-hydrogen) atoms. The number of hydrogen-bond donors (Lipinski definition) is 4. The molecule has 0 radical (unpaired) electrons. The average Bonchev–Trinajstić information content (AvgIpc) is 3.37. The number of fused-ring (bicyclic) bond motifs is 1. The number of carbonyl (C=O) groups is 1. The second-order valence-corrected chi connectivity index (χ2v) is 9.54. The molecule has 0 saturated carbocycles. The highest BCUT2D eigenvalue weighted by atomic mass is 127. The van der Waals surface area contributed by atoms with Crippen LogP contribution in [0.3, 0.4) is 0 Å². The number of rotatable bonds is 8. The summed E-state index contributed by atoms with van der Waals surface area (Å²) in [5.41, 5.74) is 8.59. The van der Waals surface area contributed by atoms with Crippen LogP contribution in [-0.4, -0.2) is 32.6 Å². The van der Waals surface area contributed by atoms with Crippen molar-refractivity contribution in [1.82, 2.24) is 25.4 Å². The normalized spacial score (nSPS) is 11.3. The van der Waals surface area contributed by atoms with Gasteiger partial charge in [0.05, 0.1) is 9.26 Å². The maximum atomic E-state index is 12.8. The van der Waals surface area contributed by atoms with Crippen LogP contribution < -0.4 is 16.1 Å². The summed E-state index contributed by atoms with van der Waals surface area (Å²) in [5, 5.41) is 10.8. The van der Waals surface area contributed by atoms with Gasteiger partial charge in [-0.2, -0.15) is 5.10 Å². The number of hydrazone groups is 1. The van der Waals surface area contributed by atoms with E-state index < -0.39 is 0 Å². The molecule has 0 spiro atoms. The highest BCUT2D eigenvalue weighted by Gasteiger charge is 2.13. The van der Waals surface area contributed by atoms with Crippen LogP contribution in [0.2, 0.25) is 0 Å². The first-order valence-electron chi connectivity index (χ1n) is 11.6. The van der Waals surface area contributed by atoms with Crippen molar-refractivity contribution in [2.75, 3.05) is 10.6 Å². The van der Waals surface area contributed by atoms with Gasteiger partial charge in [-0.3, -0.25) is 15.2 Å². The third-order valence-electron chi connectivity index (χ3n) is 5.79. The largest absolute Gasteiger partial charge is 0.350 e. The van der Waals surface area contributed by atoms with Crippen LogP contribution in [0.5, 0.6) is 0 Å². The van der Waals surface area contributed by atoms with Gasteiger partial charge in [0.15, 0.2) is 5.82 Å². The number of allylic oxidation sites excluding steroid dienone is 1. The third-order valence-corrected chi connectivity index (χ3v) is 6.65. The van der Waals surface area contributed by atoms with E-state index >= 15 is 0 Å². The summed E-state index contributed by atoms with van der Waals surface area (Å²) in [7, 11) is 0. The van der Waals surface area contributed by atoms with Gasteiger partial charge in [0, 0.05) is 53.7 Å². The lowest BCUT2D eigenvalue weighted by Crippen LogP contribution is -2.13. The van der Waals surface area contributed by atoms with Crippen LogP contribution >= 0.6 is 22.6 Å². The minimum atomic E-state index is -0.223. The summed E-state index contributed by atoms with van der Waals surface area (Å²) in [4.78, 5) is 29.2. The van der Waals surface area contributed by atoms with Crippen LogP contribution in [-0.2, 0) is 0 Å². The zero-order valence-corrected chi connectivity index (χ0v) is 22.5. The number of aromatic amines is 1. The molecule has 0 unspecified atom stereocenters. The van der Waals surface area contributed by atoms with E-state index in [2.05, 4.69) is 70.4 Å². The monoisotopic (exact) mass is 614 g/mol. The van der Waals surface area contributed by atoms with Gasteiger partial charge in [-0.15, -0.1) is 0 Å². The smallest absolute Gasteiger partial charge is 0.272 e. The maximum Gasteiger partial charge on any atom is 0.272 e. The number of halogens is 1. The number of nitrogens with zero attached hydrogens (tertiary/aromatic N) is 4. The lowest BCUT2D eigenvalue weighted by Gasteiger charge is -2.09. The van der Waals surface area contributed by atoms with E-state index in [0.29, 0.717) is 23.0 Å². The van der Waals surface area contributed by atoms with Crippen LogP contribution in [0.4, 0.5) is 17.2 Å². The molecule has 3 heterocycles. The molecule has 5 rings (SSSR count). The highest BCUT2D eigenvalue weighted by molar-refractivity contribution is 14.1. The molecule has 9 nitrogen and oxygen atoms in total. The van der Waals surface area contributed by atoms with Crippen LogP contribution in [0.15, 0.2) is 90.6 Å². The van der Waals surface area contributed by atoms with E-state index in [9.17, 15) is 4.79 Å². The Kier molecular flexibility index (Phi) is 7.40. The van der Waals surface area contributed by atoms with E-state index in [0.717, 1.165) is 36.9 Å². The molecule has 0 aliphatic carbocycles. The molecule has 0 saturated heterocycles. The van der Waals surface area contributed by atoms with Gasteiger partial charge in [-0.25, -0.2) is 9.97 Å². The van der Waals surface area contributed by atoms with E-state index in [1.54, 1.807) is 30.9 Å². The number of anilines is 3. The standard InChI is InChI=1S/C28H23IN8O/c1-17(15-33-30-2)18-5-7-21(8-6-18)34-26-10-12-32-27(37-26)20-4-3-19-13-25(35-24(19)14-20)28(38)36-23-9-11-31-16-22(23)29/h3-16,33,35H,2H2,1H3,(H,31,36,38)(H,32,34,37)/b17-15+. The second kappa shape index (κ2) is 11.2. The molecule has 3 aromatic heterocycles. The molecular formula is C28H23IN8O. The number of nitrogens with one attached hydrogen (secondary N) is 4. The number of hydrogen-bond acceptors (Lipinski definition) is 7. The van der Waals surface area contributed by atoms with Crippen molar-refractivity contribution in [3.8, 4) is 11.4 Å². The van der Waals surface area contributed by atoms with E-state index in [1.165, 1.54) is 0 Å². The Morgan fingerprint density at radius 3 is 2.71 bits per heavy atom. The Bertz CT molecular complexity index is 1660. The number of aromatic nitrogens is 4. The van der Waals surface area contributed by atoms with Gasteiger partial charge in [0.1, 0.15) is 11.5 Å². The lowest BCUT2D eigenvalue weighted by atomic mass is 10.1. The summed E-state index contributed by atoms with van der Waals surface area (Å²) in [6.45, 7) is 5.40. The predicted molar refractivity (Wildman–Crippen MR) is 160 cm³/mol. The third kappa shape index (κ3) is 5.70. The number of benzene rings is 2. The molecule has 4 N–H and O–H groups in total. The number of H-pyrrole nitrogens is 1. The minimum Gasteiger partial charge on any atom is -0.350 e. The summed E-state index contributed by atoms with van der Waals surface area (Å²) >= 11 is 2.14. The fourth-order valence-corrected chi connectivity index (χ4v) is 4.29. The summed E-state index contributed by atoms with van der Waals surface area (Å²) < 4.78 is 0.865. The zero-order valence-electron chi connectivity index (χ0n) is 20.4. The van der Waals surface area contributed by atoms with Crippen molar-refractivity contribution >= 4 is 68.9 Å². The quantitative estimate of drug-likeness (QED) is 0.0941. The fourth-order valence-electron chi connectivity index (χ4n) is 3.81. The van der Waals surface area contributed by atoms with Gasteiger partial charge in [0.25, 0.3) is 5.91 Å². The van der Waals surface area contributed by atoms with Crippen molar-refractivity contribution < 1.29 is 4.79 Å². The Morgan fingerprint density at radius 2 is 1.92 bits per heavy atom. The Morgan fingerprint density at radius 1 is 1.08 bits per heavy atom. The van der Waals surface area contributed by atoms with Crippen molar-refractivity contribution in [3.63, 3.8) is 0 Å². The first kappa shape index (κ1) is 25.1. The summed E-state index contributed by atoms with van der Waals surface area (Å²) in [6, 6.07) is 19.3. The van der Waals surface area contributed by atoms with Crippen LogP contribution in [0.25, 0.3) is 27.9 Å². The molecule has 1 amide bonds. The maximum absolute atomic E-state index is 12.8. The first-order chi connectivity index (χ1) is 18.5. The molecule has 0 bridgehead atoms. The molecule has 0 atom stereocenters. The molecule has 0 fully saturated rings. The number of pyridine rings is 1. The van der Waals surface area contributed by atoms with Crippen molar-refractivity contribution in [2.45, 2.75) is 6.92 Å². The average molecular weight is 614 g/mol. The van der Waals surface area contributed by atoms with Crippen molar-refractivity contribution in [1.29, 1.82) is 0 Å². The van der Waals surface area contributed by atoms with Crippen LogP contribution in [0, 0.1) is 3.57 Å². The van der Waals surface area contributed by atoms with Crippen molar-refractivity contribution in [3.05, 3.63) is 100 Å². The number of carbonyl (C=O) groups excluding carboxylic acids is 1. The van der Waals surface area contributed by atoms with E-state index in [4.69, 9.17) is 0 Å². The number of amides is 1. The SMILES string of the molecule is C=NN/C=C(\C)c1ccc(Nc2ccnc(-c3ccc4cc(C(=O)Nc5ccncc5I)[nH]c4c3)n2)cc1. The summed E-state index contributed by atoms with van der Waals surface area (Å²) in [6.07, 6.45) is 6.86. The van der Waals surface area contributed by atoms with Crippen molar-refractivity contribution in [2.24, 2.45) is 5.10 Å².